The minimum atomic E-state index is 0.183. The lowest BCUT2D eigenvalue weighted by atomic mass is 9.84. The van der Waals surface area contributed by atoms with Crippen LogP contribution in [0.3, 0.4) is 0 Å². The number of rotatable bonds is 4. The van der Waals surface area contributed by atoms with Crippen LogP contribution in [0.1, 0.15) is 4.11 Å². The van der Waals surface area contributed by atoms with E-state index in [1.54, 1.807) is 0 Å². The molecule has 0 aliphatic rings. The molecule has 0 saturated carbocycles. The second-order valence-corrected chi connectivity index (χ2v) is 12.5. The minimum absolute atomic E-state index is 0.183. The van der Waals surface area contributed by atoms with Crippen LogP contribution >= 0.6 is 0 Å². The molecule has 0 radical (unpaired) electrons. The van der Waals surface area contributed by atoms with E-state index in [0.29, 0.717) is 16.7 Å². The summed E-state index contributed by atoms with van der Waals surface area (Å²) in [5.41, 5.74) is 7.86. The smallest absolute Gasteiger partial charge is 0.143 e. The summed E-state index contributed by atoms with van der Waals surface area (Å²) in [6.07, 6.45) is 0. The highest BCUT2D eigenvalue weighted by Gasteiger charge is 2.19. The van der Waals surface area contributed by atoms with E-state index in [4.69, 9.17) is 4.42 Å². The van der Waals surface area contributed by atoms with Crippen molar-refractivity contribution in [2.75, 3.05) is 0 Å². The standard InChI is InChI=1S/C48H30O/c1-3-13-31(14-4-1)35-27-36(32-15-5-2-6-16-32)29-37(28-35)47-41-21-11-9-19-39(41)46(40-20-10-12-22-42(40)47)34-24-26-45-44(30-34)43-25-23-33-17-7-8-18-38(33)48(43)49-45/h1-30H/i27D,28D,29D. The SMILES string of the molecule is [2H]c1c(-c2ccccc2)c([2H])c(-c2c3ccccc3c(-c3ccc4oc5c6ccccc6ccc5c4c3)c3ccccc23)c([2H])c1-c1ccccc1. The maximum Gasteiger partial charge on any atom is 0.143 e. The molecular weight excluding hydrogens is 593 g/mol. The molecule has 10 aromatic rings. The number of hydrogen-bond acceptors (Lipinski definition) is 1. The second kappa shape index (κ2) is 11.1. The molecule has 0 spiro atoms. The van der Waals surface area contributed by atoms with Gasteiger partial charge in [-0.1, -0.05) is 146 Å². The van der Waals surface area contributed by atoms with Gasteiger partial charge in [0.05, 0.1) is 4.11 Å². The van der Waals surface area contributed by atoms with Crippen molar-refractivity contribution in [2.24, 2.45) is 0 Å². The molecule has 1 heteroatoms. The van der Waals surface area contributed by atoms with Crippen molar-refractivity contribution >= 4 is 54.3 Å². The van der Waals surface area contributed by atoms with E-state index in [0.717, 1.165) is 82.1 Å². The van der Waals surface area contributed by atoms with Crippen LogP contribution in [0.2, 0.25) is 0 Å². The Balaban J connectivity index is 1.31. The predicted octanol–water partition coefficient (Wildman–Crippen LogP) is 13.7. The van der Waals surface area contributed by atoms with Crippen LogP contribution in [-0.4, -0.2) is 0 Å². The van der Waals surface area contributed by atoms with E-state index < -0.39 is 0 Å². The van der Waals surface area contributed by atoms with Gasteiger partial charge < -0.3 is 4.42 Å². The molecule has 0 amide bonds. The Bertz CT molecular complexity index is 2910. The zero-order valence-electron chi connectivity index (χ0n) is 29.5. The third kappa shape index (κ3) is 4.47. The maximum absolute atomic E-state index is 9.79. The van der Waals surface area contributed by atoms with E-state index in [2.05, 4.69) is 78.9 Å². The highest BCUT2D eigenvalue weighted by molar-refractivity contribution is 6.23. The average molecular weight is 626 g/mol. The summed E-state index contributed by atoms with van der Waals surface area (Å²) in [6.45, 7) is 0. The van der Waals surface area contributed by atoms with Crippen molar-refractivity contribution in [2.45, 2.75) is 0 Å². The molecule has 0 fully saturated rings. The molecule has 9 aromatic carbocycles. The lowest BCUT2D eigenvalue weighted by Crippen LogP contribution is -1.92. The van der Waals surface area contributed by atoms with Crippen molar-refractivity contribution in [1.29, 1.82) is 0 Å². The van der Waals surface area contributed by atoms with Crippen LogP contribution < -0.4 is 0 Å². The number of furan rings is 1. The van der Waals surface area contributed by atoms with Gasteiger partial charge in [0.25, 0.3) is 0 Å². The van der Waals surface area contributed by atoms with Crippen molar-refractivity contribution in [3.8, 4) is 44.5 Å². The molecule has 1 aromatic heterocycles. The first-order valence-corrected chi connectivity index (χ1v) is 16.6. The summed E-state index contributed by atoms with van der Waals surface area (Å²) < 4.78 is 35.5. The largest absolute Gasteiger partial charge is 0.455 e. The number of fused-ring (bicyclic) bond motifs is 7. The lowest BCUT2D eigenvalue weighted by Gasteiger charge is -2.19. The normalized spacial score (nSPS) is 12.5. The lowest BCUT2D eigenvalue weighted by molar-refractivity contribution is 0.672. The van der Waals surface area contributed by atoms with Gasteiger partial charge in [-0.05, 0) is 108 Å². The molecule has 10 rings (SSSR count). The molecule has 0 bridgehead atoms. The Morgan fingerprint density at radius 3 is 1.41 bits per heavy atom. The van der Waals surface area contributed by atoms with Gasteiger partial charge in [-0.25, -0.2) is 0 Å². The van der Waals surface area contributed by atoms with Gasteiger partial charge >= 0.3 is 0 Å². The van der Waals surface area contributed by atoms with Gasteiger partial charge in [-0.2, -0.15) is 0 Å². The zero-order chi connectivity index (χ0) is 34.9. The monoisotopic (exact) mass is 625 g/mol. The van der Waals surface area contributed by atoms with Crippen LogP contribution in [0, 0.1) is 0 Å². The van der Waals surface area contributed by atoms with Gasteiger partial charge in [-0.3, -0.25) is 0 Å². The van der Waals surface area contributed by atoms with Crippen molar-refractivity contribution in [3.05, 3.63) is 182 Å². The van der Waals surface area contributed by atoms with Gasteiger partial charge in [-0.15, -0.1) is 0 Å². The van der Waals surface area contributed by atoms with Crippen LogP contribution in [0.5, 0.6) is 0 Å². The Kier molecular flexibility index (Phi) is 5.58. The highest BCUT2D eigenvalue weighted by Crippen LogP contribution is 2.46. The van der Waals surface area contributed by atoms with E-state index in [1.165, 1.54) is 0 Å². The number of hydrogen-bond donors (Lipinski definition) is 0. The third-order valence-corrected chi connectivity index (χ3v) is 9.71. The summed E-state index contributed by atoms with van der Waals surface area (Å²) in [5, 5.41) is 8.36. The summed E-state index contributed by atoms with van der Waals surface area (Å²) in [5.74, 6) is 0. The Labute approximate surface area is 288 Å². The molecule has 0 aliphatic carbocycles. The summed E-state index contributed by atoms with van der Waals surface area (Å²) >= 11 is 0. The Hall–Kier alpha value is -6.44. The third-order valence-electron chi connectivity index (χ3n) is 9.71. The van der Waals surface area contributed by atoms with Crippen molar-refractivity contribution < 1.29 is 8.53 Å². The summed E-state index contributed by atoms with van der Waals surface area (Å²) in [7, 11) is 0. The minimum Gasteiger partial charge on any atom is -0.455 e. The molecule has 1 heterocycles. The van der Waals surface area contributed by atoms with E-state index in [1.807, 2.05) is 84.9 Å². The van der Waals surface area contributed by atoms with Crippen molar-refractivity contribution in [1.82, 2.24) is 0 Å². The Morgan fingerprint density at radius 2 is 0.816 bits per heavy atom. The first-order chi connectivity index (χ1) is 25.6. The fourth-order valence-corrected chi connectivity index (χ4v) is 7.46. The molecular formula is C48H30O. The summed E-state index contributed by atoms with van der Waals surface area (Å²) in [4.78, 5) is 0. The topological polar surface area (TPSA) is 13.1 Å². The van der Waals surface area contributed by atoms with E-state index in [9.17, 15) is 4.11 Å². The van der Waals surface area contributed by atoms with Crippen LogP contribution in [0.25, 0.3) is 98.8 Å². The molecule has 0 N–H and O–H groups in total. The van der Waals surface area contributed by atoms with Crippen LogP contribution in [0.15, 0.2) is 186 Å². The predicted molar refractivity (Wildman–Crippen MR) is 208 cm³/mol. The molecule has 0 atom stereocenters. The van der Waals surface area contributed by atoms with Gasteiger partial charge in [0.15, 0.2) is 0 Å². The van der Waals surface area contributed by atoms with Crippen molar-refractivity contribution in [3.63, 3.8) is 0 Å². The molecule has 49 heavy (non-hydrogen) atoms. The highest BCUT2D eigenvalue weighted by atomic mass is 16.3. The zero-order valence-corrected chi connectivity index (χ0v) is 26.5. The molecule has 0 aliphatic heterocycles. The average Bonchev–Trinajstić information content (AvgIpc) is 3.57. The molecule has 0 saturated heterocycles. The first kappa shape index (κ1) is 24.7. The first-order valence-electron chi connectivity index (χ1n) is 18.1. The number of benzene rings is 9. The Morgan fingerprint density at radius 1 is 0.327 bits per heavy atom. The van der Waals surface area contributed by atoms with E-state index in [-0.39, 0.29) is 18.1 Å². The van der Waals surface area contributed by atoms with Gasteiger partial charge in [0.2, 0.25) is 0 Å². The quantitative estimate of drug-likeness (QED) is 0.177. The van der Waals surface area contributed by atoms with Crippen LogP contribution in [0.4, 0.5) is 0 Å². The molecule has 1 nitrogen and oxygen atoms in total. The fourth-order valence-electron chi connectivity index (χ4n) is 7.46. The van der Waals surface area contributed by atoms with Crippen LogP contribution in [-0.2, 0) is 0 Å². The molecule has 228 valence electrons. The van der Waals surface area contributed by atoms with Gasteiger partial charge in [0, 0.05) is 16.2 Å². The maximum atomic E-state index is 9.79. The van der Waals surface area contributed by atoms with E-state index >= 15 is 0 Å². The fraction of sp³-hybridized carbons (Fsp3) is 0. The second-order valence-electron chi connectivity index (χ2n) is 12.5. The van der Waals surface area contributed by atoms with Gasteiger partial charge in [0.1, 0.15) is 11.2 Å². The summed E-state index contributed by atoms with van der Waals surface area (Å²) in [6, 6.07) is 55.8. The molecule has 0 unspecified atom stereocenters.